The first kappa shape index (κ1) is 12.8. The van der Waals surface area contributed by atoms with E-state index in [0.717, 1.165) is 29.0 Å². The van der Waals surface area contributed by atoms with Crippen molar-refractivity contribution in [2.75, 3.05) is 5.32 Å². The molecule has 98 valence electrons. The van der Waals surface area contributed by atoms with Crippen molar-refractivity contribution in [1.29, 1.82) is 0 Å². The summed E-state index contributed by atoms with van der Waals surface area (Å²) in [5, 5.41) is 8.89. The molecule has 0 spiro atoms. The Hall–Kier alpha value is -1.17. The topological polar surface area (TPSA) is 37.8 Å². The first-order valence-electron chi connectivity index (χ1n) is 5.97. The molecule has 0 amide bonds. The Bertz CT molecular complexity index is 691. The van der Waals surface area contributed by atoms with Gasteiger partial charge in [0.1, 0.15) is 10.6 Å². The van der Waals surface area contributed by atoms with Crippen LogP contribution in [0.1, 0.15) is 17.4 Å². The fourth-order valence-electron chi connectivity index (χ4n) is 1.83. The number of fused-ring (bicyclic) bond motifs is 1. The maximum absolute atomic E-state index is 5.98. The van der Waals surface area contributed by atoms with Crippen LogP contribution >= 0.6 is 34.3 Å². The second-order valence-electron chi connectivity index (χ2n) is 4.11. The van der Waals surface area contributed by atoms with Crippen LogP contribution in [0.3, 0.4) is 0 Å². The Morgan fingerprint density at radius 1 is 1.37 bits per heavy atom. The van der Waals surface area contributed by atoms with Crippen molar-refractivity contribution in [3.8, 4) is 0 Å². The van der Waals surface area contributed by atoms with E-state index in [1.807, 2.05) is 0 Å². The van der Waals surface area contributed by atoms with Crippen molar-refractivity contribution < 1.29 is 0 Å². The predicted molar refractivity (Wildman–Crippen MR) is 83.4 cm³/mol. The van der Waals surface area contributed by atoms with Gasteiger partial charge in [-0.15, -0.1) is 11.3 Å². The minimum atomic E-state index is 0.296. The van der Waals surface area contributed by atoms with Gasteiger partial charge in [-0.25, -0.2) is 9.97 Å². The van der Waals surface area contributed by atoms with E-state index < -0.39 is 0 Å². The summed E-state index contributed by atoms with van der Waals surface area (Å²) in [6.45, 7) is 2.89. The van der Waals surface area contributed by atoms with Crippen LogP contribution in [0.25, 0.3) is 10.2 Å². The van der Waals surface area contributed by atoms with Crippen LogP contribution in [0, 0.1) is 0 Å². The Labute approximate surface area is 124 Å². The van der Waals surface area contributed by atoms with Crippen molar-refractivity contribution in [2.45, 2.75) is 19.9 Å². The Kier molecular flexibility index (Phi) is 3.68. The van der Waals surface area contributed by atoms with Gasteiger partial charge >= 0.3 is 0 Å². The van der Waals surface area contributed by atoms with Gasteiger partial charge in [0.05, 0.1) is 5.39 Å². The Balaban J connectivity index is 1.94. The summed E-state index contributed by atoms with van der Waals surface area (Å²) in [7, 11) is 0. The molecule has 6 heteroatoms. The van der Waals surface area contributed by atoms with Crippen LogP contribution in [0.2, 0.25) is 5.28 Å². The standard InChI is InChI=1S/C13H12ClN3S2/c1-2-9-5-10-11(15-6-8-3-4-18-7-8)16-13(14)17-12(10)19-9/h3-5,7H,2,6H2,1H3,(H,15,16,17). The molecule has 0 saturated heterocycles. The third-order valence-electron chi connectivity index (χ3n) is 2.81. The predicted octanol–water partition coefficient (Wildman–Crippen LogP) is 4.58. The molecule has 3 heterocycles. The maximum Gasteiger partial charge on any atom is 0.225 e. The molecule has 0 saturated carbocycles. The smallest absolute Gasteiger partial charge is 0.225 e. The molecule has 19 heavy (non-hydrogen) atoms. The fourth-order valence-corrected chi connectivity index (χ4v) is 3.69. The fraction of sp³-hybridized carbons (Fsp3) is 0.231. The zero-order chi connectivity index (χ0) is 13.2. The molecule has 0 fully saturated rings. The number of thiophene rings is 2. The summed E-state index contributed by atoms with van der Waals surface area (Å²) in [6, 6.07) is 4.25. The van der Waals surface area contributed by atoms with Crippen molar-refractivity contribution in [3.05, 3.63) is 38.6 Å². The highest BCUT2D eigenvalue weighted by Gasteiger charge is 2.10. The molecular formula is C13H12ClN3S2. The zero-order valence-corrected chi connectivity index (χ0v) is 12.7. The molecule has 3 rings (SSSR count). The molecular weight excluding hydrogens is 298 g/mol. The SMILES string of the molecule is CCc1cc2c(NCc3ccsc3)nc(Cl)nc2s1. The summed E-state index contributed by atoms with van der Waals surface area (Å²) in [4.78, 5) is 10.8. The molecule has 3 nitrogen and oxygen atoms in total. The van der Waals surface area contributed by atoms with E-state index in [0.29, 0.717) is 5.28 Å². The first-order valence-corrected chi connectivity index (χ1v) is 8.11. The molecule has 3 aromatic heterocycles. The highest BCUT2D eigenvalue weighted by Crippen LogP contribution is 2.30. The van der Waals surface area contributed by atoms with Crippen LogP contribution in [0.4, 0.5) is 5.82 Å². The van der Waals surface area contributed by atoms with E-state index in [1.54, 1.807) is 22.7 Å². The minimum Gasteiger partial charge on any atom is -0.365 e. The van der Waals surface area contributed by atoms with Gasteiger partial charge in [-0.3, -0.25) is 0 Å². The van der Waals surface area contributed by atoms with E-state index >= 15 is 0 Å². The van der Waals surface area contributed by atoms with E-state index in [1.165, 1.54) is 10.4 Å². The molecule has 1 N–H and O–H groups in total. The molecule has 0 aliphatic rings. The monoisotopic (exact) mass is 309 g/mol. The third-order valence-corrected chi connectivity index (χ3v) is 4.88. The van der Waals surface area contributed by atoms with Gasteiger partial charge in [0.25, 0.3) is 0 Å². The van der Waals surface area contributed by atoms with Crippen molar-refractivity contribution >= 4 is 50.3 Å². The molecule has 0 atom stereocenters. The van der Waals surface area contributed by atoms with Crippen LogP contribution < -0.4 is 5.32 Å². The van der Waals surface area contributed by atoms with Gasteiger partial charge in [-0.2, -0.15) is 11.3 Å². The van der Waals surface area contributed by atoms with E-state index in [9.17, 15) is 0 Å². The van der Waals surface area contributed by atoms with Gasteiger partial charge in [0.15, 0.2) is 0 Å². The molecule has 0 radical (unpaired) electrons. The van der Waals surface area contributed by atoms with E-state index in [-0.39, 0.29) is 0 Å². The lowest BCUT2D eigenvalue weighted by molar-refractivity contribution is 1.11. The van der Waals surface area contributed by atoms with Crippen molar-refractivity contribution in [2.24, 2.45) is 0 Å². The summed E-state index contributed by atoms with van der Waals surface area (Å²) >= 11 is 9.35. The molecule has 0 bridgehead atoms. The molecule has 0 aliphatic carbocycles. The maximum atomic E-state index is 5.98. The second-order valence-corrected chi connectivity index (χ2v) is 6.34. The highest BCUT2D eigenvalue weighted by atomic mass is 35.5. The number of aryl methyl sites for hydroxylation is 1. The van der Waals surface area contributed by atoms with Gasteiger partial charge in [-0.05, 0) is 46.5 Å². The summed E-state index contributed by atoms with van der Waals surface area (Å²) in [5.41, 5.74) is 1.25. The number of hydrogen-bond donors (Lipinski definition) is 1. The number of anilines is 1. The normalized spacial score (nSPS) is 11.1. The largest absolute Gasteiger partial charge is 0.365 e. The molecule has 0 aromatic carbocycles. The lowest BCUT2D eigenvalue weighted by Crippen LogP contribution is -2.01. The van der Waals surface area contributed by atoms with Gasteiger partial charge < -0.3 is 5.32 Å². The van der Waals surface area contributed by atoms with Gasteiger partial charge in [0.2, 0.25) is 5.28 Å². The van der Waals surface area contributed by atoms with Crippen molar-refractivity contribution in [1.82, 2.24) is 9.97 Å². The highest BCUT2D eigenvalue weighted by molar-refractivity contribution is 7.18. The van der Waals surface area contributed by atoms with Crippen molar-refractivity contribution in [3.63, 3.8) is 0 Å². The summed E-state index contributed by atoms with van der Waals surface area (Å²) in [6.07, 6.45) is 1.00. The zero-order valence-electron chi connectivity index (χ0n) is 10.3. The number of rotatable bonds is 4. The number of aromatic nitrogens is 2. The first-order chi connectivity index (χ1) is 9.26. The average molecular weight is 310 g/mol. The summed E-state index contributed by atoms with van der Waals surface area (Å²) < 4.78 is 0. The van der Waals surface area contributed by atoms with Crippen LogP contribution in [-0.2, 0) is 13.0 Å². The van der Waals surface area contributed by atoms with E-state index in [2.05, 4.69) is 45.1 Å². The lowest BCUT2D eigenvalue weighted by Gasteiger charge is -2.05. The van der Waals surface area contributed by atoms with Crippen LogP contribution in [-0.4, -0.2) is 9.97 Å². The number of nitrogens with zero attached hydrogens (tertiary/aromatic N) is 2. The Morgan fingerprint density at radius 3 is 3.00 bits per heavy atom. The minimum absolute atomic E-state index is 0.296. The van der Waals surface area contributed by atoms with Crippen LogP contribution in [0.15, 0.2) is 22.9 Å². The average Bonchev–Trinajstić information content (AvgIpc) is 3.04. The molecule has 0 unspecified atom stereocenters. The number of halogens is 1. The molecule has 3 aromatic rings. The van der Waals surface area contributed by atoms with Crippen LogP contribution in [0.5, 0.6) is 0 Å². The second kappa shape index (κ2) is 5.45. The Morgan fingerprint density at radius 2 is 2.26 bits per heavy atom. The lowest BCUT2D eigenvalue weighted by atomic mass is 10.3. The van der Waals surface area contributed by atoms with E-state index in [4.69, 9.17) is 11.6 Å². The summed E-state index contributed by atoms with van der Waals surface area (Å²) in [5.74, 6) is 0.817. The molecule has 0 aliphatic heterocycles. The number of nitrogens with one attached hydrogen (secondary N) is 1. The number of hydrogen-bond acceptors (Lipinski definition) is 5. The third kappa shape index (κ3) is 2.73. The van der Waals surface area contributed by atoms with Gasteiger partial charge in [0, 0.05) is 11.4 Å². The quantitative estimate of drug-likeness (QED) is 0.717. The van der Waals surface area contributed by atoms with Gasteiger partial charge in [-0.1, -0.05) is 6.92 Å².